The molecule has 3 rings (SSSR count). The van der Waals surface area contributed by atoms with Gasteiger partial charge in [0.25, 0.3) is 0 Å². The van der Waals surface area contributed by atoms with Crippen molar-refractivity contribution in [2.24, 2.45) is 23.2 Å². The van der Waals surface area contributed by atoms with E-state index in [0.717, 1.165) is 70.1 Å². The number of hydrogen-bond acceptors (Lipinski definition) is 3. The lowest BCUT2D eigenvalue weighted by atomic mass is 9.61. The van der Waals surface area contributed by atoms with Crippen molar-refractivity contribution >= 4 is 0 Å². The van der Waals surface area contributed by atoms with Gasteiger partial charge in [-0.15, -0.1) is 12.8 Å². The predicted molar refractivity (Wildman–Crippen MR) is 159 cm³/mol. The zero-order chi connectivity index (χ0) is 33.3. The van der Waals surface area contributed by atoms with Crippen LogP contribution in [0.15, 0.2) is 23.3 Å². The Balaban J connectivity index is 0.000000901. The summed E-state index contributed by atoms with van der Waals surface area (Å²) < 4.78 is 77.3. The maximum absolute atomic E-state index is 12.9. The molecule has 0 aromatic heterocycles. The number of fused-ring (bicyclic) bond motifs is 1. The molecule has 0 aromatic rings. The number of alkyl halides is 6. The third-order valence-corrected chi connectivity index (χ3v) is 9.17. The molecule has 0 aliphatic heterocycles. The van der Waals surface area contributed by atoms with Crippen molar-refractivity contribution in [2.45, 2.75) is 141 Å². The average molecular weight is 621 g/mol. The standard InChI is InChI=1S/C26H34F6O2.C6H14O.C2H2/c1-17(6-4-15-24(34,25(27,28)29)26(30,31)32)21-12-13-22-19(8-5-14-23(21,22)2)11-10-18-7-3-9-20(33)16-18;1-4-5-6(2,3)7;1-2/h10-11,17,20-22,33-34H,3,5-9,12-14,16H2,1-2H3;7H,4-5H2,1-3H3;1-2H/b18-10-,19-11+;;/t17-,20-,21+,22?,23+;;/m0../s1. The molecule has 246 valence electrons. The summed E-state index contributed by atoms with van der Waals surface area (Å²) in [6.45, 7) is 9.74. The van der Waals surface area contributed by atoms with E-state index in [0.29, 0.717) is 12.3 Å². The van der Waals surface area contributed by atoms with Crippen LogP contribution in [-0.4, -0.2) is 45.0 Å². The van der Waals surface area contributed by atoms with Crippen LogP contribution in [0.1, 0.15) is 112 Å². The minimum Gasteiger partial charge on any atom is -0.393 e. The number of hydrogen-bond donors (Lipinski definition) is 3. The Bertz CT molecular complexity index is 1010. The van der Waals surface area contributed by atoms with Gasteiger partial charge in [-0.25, -0.2) is 0 Å². The Kier molecular flexibility index (Phi) is 14.4. The molecule has 0 bridgehead atoms. The average Bonchev–Trinajstić information content (AvgIpc) is 3.24. The maximum Gasteiger partial charge on any atom is 0.438 e. The molecular formula is C34H50F6O3. The molecule has 0 aromatic carbocycles. The van der Waals surface area contributed by atoms with Crippen molar-refractivity contribution in [3.8, 4) is 24.7 Å². The van der Waals surface area contributed by atoms with E-state index >= 15 is 0 Å². The highest BCUT2D eigenvalue weighted by Gasteiger charge is 2.70. The van der Waals surface area contributed by atoms with E-state index in [1.807, 2.05) is 26.7 Å². The highest BCUT2D eigenvalue weighted by molar-refractivity contribution is 5.26. The lowest BCUT2D eigenvalue weighted by Crippen LogP contribution is -2.55. The molecule has 3 N–H and O–H groups in total. The van der Waals surface area contributed by atoms with Crippen LogP contribution in [0.2, 0.25) is 0 Å². The highest BCUT2D eigenvalue weighted by atomic mass is 19.4. The summed E-state index contributed by atoms with van der Waals surface area (Å²) in [4.78, 5) is 0. The molecule has 3 saturated carbocycles. The fraction of sp³-hybridized carbons (Fsp3) is 0.765. The summed E-state index contributed by atoms with van der Waals surface area (Å²) in [6.07, 6.45) is 10.3. The molecule has 5 atom stereocenters. The molecule has 3 aliphatic rings. The maximum atomic E-state index is 12.9. The van der Waals surface area contributed by atoms with Gasteiger partial charge >= 0.3 is 18.0 Å². The Morgan fingerprint density at radius 2 is 1.58 bits per heavy atom. The van der Waals surface area contributed by atoms with Gasteiger partial charge in [-0.3, -0.25) is 0 Å². The molecule has 0 spiro atoms. The topological polar surface area (TPSA) is 60.7 Å². The van der Waals surface area contributed by atoms with E-state index < -0.39 is 23.6 Å². The fourth-order valence-electron chi connectivity index (χ4n) is 7.06. The van der Waals surface area contributed by atoms with Crippen molar-refractivity contribution in [1.82, 2.24) is 0 Å². The number of allylic oxidation sites excluding steroid dienone is 3. The van der Waals surface area contributed by atoms with E-state index in [4.69, 9.17) is 5.11 Å². The summed E-state index contributed by atoms with van der Waals surface area (Å²) in [6, 6.07) is 0. The number of rotatable bonds is 5. The zero-order valence-electron chi connectivity index (χ0n) is 26.2. The smallest absolute Gasteiger partial charge is 0.393 e. The van der Waals surface area contributed by atoms with Gasteiger partial charge in [0.05, 0.1) is 11.7 Å². The molecule has 3 aliphatic carbocycles. The van der Waals surface area contributed by atoms with Crippen molar-refractivity contribution in [2.75, 3.05) is 0 Å². The van der Waals surface area contributed by atoms with Crippen LogP contribution in [0, 0.1) is 47.9 Å². The predicted octanol–water partition coefficient (Wildman–Crippen LogP) is 8.68. The third-order valence-electron chi connectivity index (χ3n) is 9.17. The van der Waals surface area contributed by atoms with Crippen molar-refractivity contribution in [1.29, 1.82) is 0 Å². The molecule has 3 nitrogen and oxygen atoms in total. The van der Waals surface area contributed by atoms with Gasteiger partial charge in [0.2, 0.25) is 0 Å². The summed E-state index contributed by atoms with van der Waals surface area (Å²) in [5, 5.41) is 28.2. The Morgan fingerprint density at radius 3 is 2.07 bits per heavy atom. The van der Waals surface area contributed by atoms with Gasteiger partial charge in [0, 0.05) is 6.42 Å². The second-order valence-electron chi connectivity index (χ2n) is 13.2. The molecule has 1 unspecified atom stereocenters. The molecule has 0 saturated heterocycles. The lowest BCUT2D eigenvalue weighted by molar-refractivity contribution is -0.343. The molecule has 0 radical (unpaired) electrons. The Labute approximate surface area is 254 Å². The molecular weight excluding hydrogens is 570 g/mol. The summed E-state index contributed by atoms with van der Waals surface area (Å²) in [5.74, 6) is 3.39. The zero-order valence-corrected chi connectivity index (χ0v) is 26.2. The molecule has 9 heteroatoms. The van der Waals surface area contributed by atoms with Crippen LogP contribution in [-0.2, 0) is 0 Å². The van der Waals surface area contributed by atoms with Gasteiger partial charge in [-0.05, 0) is 107 Å². The van der Waals surface area contributed by atoms with E-state index in [1.165, 1.54) is 11.1 Å². The van der Waals surface area contributed by atoms with Crippen molar-refractivity contribution < 1.29 is 41.7 Å². The SMILES string of the molecule is C#C.CCCC(C)(C)O.C[C@@H](CC#CC(O)(C(F)(F)F)C(F)(F)F)[C@H]1CCC2/C(=C/C=C3/CCC[C@H](O)C3)CCC[C@@]21C. The second-order valence-corrected chi connectivity index (χ2v) is 13.2. The molecule has 0 amide bonds. The summed E-state index contributed by atoms with van der Waals surface area (Å²) in [5.41, 5.74) is -2.94. The monoisotopic (exact) mass is 620 g/mol. The number of terminal acetylenes is 1. The van der Waals surface area contributed by atoms with E-state index in [1.54, 1.807) is 0 Å². The van der Waals surface area contributed by atoms with Crippen LogP contribution in [0.3, 0.4) is 0 Å². The van der Waals surface area contributed by atoms with E-state index in [2.05, 4.69) is 38.8 Å². The second kappa shape index (κ2) is 15.9. The highest BCUT2D eigenvalue weighted by Crippen LogP contribution is 2.59. The third kappa shape index (κ3) is 10.6. The quantitative estimate of drug-likeness (QED) is 0.213. The van der Waals surface area contributed by atoms with Crippen LogP contribution in [0.5, 0.6) is 0 Å². The van der Waals surface area contributed by atoms with E-state index in [9.17, 15) is 36.6 Å². The Hall–Kier alpha value is -1.94. The Morgan fingerprint density at radius 1 is 0.977 bits per heavy atom. The first kappa shape index (κ1) is 39.1. The van der Waals surface area contributed by atoms with Gasteiger partial charge in [-0.1, -0.05) is 56.4 Å². The van der Waals surface area contributed by atoms with Crippen LogP contribution in [0.4, 0.5) is 26.3 Å². The molecule has 43 heavy (non-hydrogen) atoms. The van der Waals surface area contributed by atoms with Crippen molar-refractivity contribution in [3.63, 3.8) is 0 Å². The van der Waals surface area contributed by atoms with Gasteiger partial charge in [-0.2, -0.15) is 26.3 Å². The largest absolute Gasteiger partial charge is 0.438 e. The fourth-order valence-corrected chi connectivity index (χ4v) is 7.06. The first-order valence-corrected chi connectivity index (χ1v) is 15.2. The van der Waals surface area contributed by atoms with Gasteiger partial charge in [0.15, 0.2) is 0 Å². The molecule has 0 heterocycles. The first-order valence-electron chi connectivity index (χ1n) is 15.2. The van der Waals surface area contributed by atoms with Crippen LogP contribution >= 0.6 is 0 Å². The lowest BCUT2D eigenvalue weighted by Gasteiger charge is -2.44. The summed E-state index contributed by atoms with van der Waals surface area (Å²) in [7, 11) is 0. The normalized spacial score (nSPS) is 28.9. The van der Waals surface area contributed by atoms with E-state index in [-0.39, 0.29) is 29.8 Å². The number of aliphatic hydroxyl groups excluding tert-OH is 1. The first-order chi connectivity index (χ1) is 19.7. The summed E-state index contributed by atoms with van der Waals surface area (Å²) >= 11 is 0. The van der Waals surface area contributed by atoms with Crippen molar-refractivity contribution in [3.05, 3.63) is 23.3 Å². The molecule has 3 fully saturated rings. The minimum absolute atomic E-state index is 0.0832. The van der Waals surface area contributed by atoms with Crippen LogP contribution in [0.25, 0.3) is 0 Å². The number of halogens is 6. The van der Waals surface area contributed by atoms with Gasteiger partial charge < -0.3 is 15.3 Å². The van der Waals surface area contributed by atoms with Gasteiger partial charge in [0.1, 0.15) is 0 Å². The van der Waals surface area contributed by atoms with Crippen LogP contribution < -0.4 is 0 Å². The minimum atomic E-state index is -5.92. The number of aliphatic hydroxyl groups is 3.